The van der Waals surface area contributed by atoms with E-state index in [1.54, 1.807) is 0 Å². The Morgan fingerprint density at radius 2 is 1.76 bits per heavy atom. The molecule has 0 spiro atoms. The lowest BCUT2D eigenvalue weighted by atomic mass is 10.0. The lowest BCUT2D eigenvalue weighted by Crippen LogP contribution is -2.40. The average Bonchev–Trinajstić information content (AvgIpc) is 3.03. The van der Waals surface area contributed by atoms with E-state index in [0.717, 1.165) is 37.8 Å². The normalized spacial score (nSPS) is 19.5. The summed E-state index contributed by atoms with van der Waals surface area (Å²) in [4.78, 5) is 0. The molecule has 0 radical (unpaired) electrons. The molecule has 1 aromatic carbocycles. The van der Waals surface area contributed by atoms with Crippen molar-refractivity contribution in [3.05, 3.63) is 35.9 Å². The van der Waals surface area contributed by atoms with Gasteiger partial charge in [0.25, 0.3) is 0 Å². The number of sulfone groups is 1. The third kappa shape index (κ3) is 3.67. The summed E-state index contributed by atoms with van der Waals surface area (Å²) in [5.74, 6) is 0. The Balaban J connectivity index is 2.31. The topological polar surface area (TPSA) is 46.2 Å². The Bertz CT molecular complexity index is 521. The van der Waals surface area contributed by atoms with E-state index in [1.165, 1.54) is 0 Å². The number of hydrogen-bond donors (Lipinski definition) is 1. The predicted molar refractivity (Wildman–Crippen MR) is 88.1 cm³/mol. The third-order valence-corrected chi connectivity index (χ3v) is 7.40. The van der Waals surface area contributed by atoms with E-state index < -0.39 is 9.84 Å². The van der Waals surface area contributed by atoms with Crippen molar-refractivity contribution in [1.82, 2.24) is 5.32 Å². The summed E-state index contributed by atoms with van der Waals surface area (Å²) in [6.45, 7) is 4.80. The summed E-state index contributed by atoms with van der Waals surface area (Å²) in [5.41, 5.74) is 1.08. The molecule has 0 aromatic heterocycles. The highest BCUT2D eigenvalue weighted by atomic mass is 32.2. The highest BCUT2D eigenvalue weighted by molar-refractivity contribution is 7.92. The molecule has 1 aliphatic rings. The van der Waals surface area contributed by atoms with Crippen molar-refractivity contribution in [3.8, 4) is 0 Å². The number of benzene rings is 1. The molecule has 0 amide bonds. The Morgan fingerprint density at radius 3 is 2.29 bits per heavy atom. The lowest BCUT2D eigenvalue weighted by molar-refractivity contribution is 0.480. The van der Waals surface area contributed by atoms with Crippen molar-refractivity contribution >= 4 is 9.84 Å². The first-order valence-corrected chi connectivity index (χ1v) is 9.73. The van der Waals surface area contributed by atoms with E-state index >= 15 is 0 Å². The summed E-state index contributed by atoms with van der Waals surface area (Å²) in [7, 11) is -3.08. The minimum atomic E-state index is -3.08. The molecule has 2 rings (SSSR count). The maximum Gasteiger partial charge on any atom is 0.157 e. The minimum Gasteiger partial charge on any atom is -0.309 e. The molecule has 2 unspecified atom stereocenters. The second-order valence-electron chi connectivity index (χ2n) is 5.89. The monoisotopic (exact) mass is 309 g/mol. The van der Waals surface area contributed by atoms with E-state index in [2.05, 4.69) is 5.32 Å². The first-order valence-electron chi connectivity index (χ1n) is 8.12. The maximum absolute atomic E-state index is 13.0. The van der Waals surface area contributed by atoms with Crippen LogP contribution >= 0.6 is 0 Å². The molecule has 21 heavy (non-hydrogen) atoms. The standard InChI is InChI=1S/C17H27NO2S/c1-3-16(21(19,20)15-12-8-9-13-15)17(18-4-2)14-10-6-5-7-11-14/h5-7,10-11,15-18H,3-4,8-9,12-13H2,1-2H3. The Hall–Kier alpha value is -0.870. The molecule has 118 valence electrons. The zero-order valence-corrected chi connectivity index (χ0v) is 13.9. The molecule has 4 heteroatoms. The predicted octanol–water partition coefficient (Wildman–Crippen LogP) is 3.47. The fourth-order valence-corrected chi connectivity index (χ4v) is 6.05. The van der Waals surface area contributed by atoms with Gasteiger partial charge >= 0.3 is 0 Å². The van der Waals surface area contributed by atoms with Gasteiger partial charge in [-0.15, -0.1) is 0 Å². The largest absolute Gasteiger partial charge is 0.309 e. The molecule has 0 aliphatic heterocycles. The number of rotatable bonds is 7. The van der Waals surface area contributed by atoms with Crippen molar-refractivity contribution in [2.24, 2.45) is 0 Å². The molecular weight excluding hydrogens is 282 g/mol. The Kier molecular flexibility index (Phi) is 5.82. The molecule has 0 bridgehead atoms. The molecule has 1 N–H and O–H groups in total. The van der Waals surface area contributed by atoms with Crippen molar-refractivity contribution in [2.75, 3.05) is 6.54 Å². The summed E-state index contributed by atoms with van der Waals surface area (Å²) in [5, 5.41) is 2.94. The van der Waals surface area contributed by atoms with Crippen LogP contribution in [-0.2, 0) is 9.84 Å². The van der Waals surface area contributed by atoms with Crippen LogP contribution in [0.5, 0.6) is 0 Å². The minimum absolute atomic E-state index is 0.105. The van der Waals surface area contributed by atoms with E-state index in [0.29, 0.717) is 6.42 Å². The number of nitrogens with one attached hydrogen (secondary N) is 1. The lowest BCUT2D eigenvalue weighted by Gasteiger charge is -2.29. The molecule has 1 saturated carbocycles. The number of hydrogen-bond acceptors (Lipinski definition) is 3. The Morgan fingerprint density at radius 1 is 1.14 bits per heavy atom. The Labute approximate surface area is 129 Å². The molecule has 1 aromatic rings. The fraction of sp³-hybridized carbons (Fsp3) is 0.647. The SMILES string of the molecule is CCNC(c1ccccc1)C(CC)S(=O)(=O)C1CCCC1. The maximum atomic E-state index is 13.0. The highest BCUT2D eigenvalue weighted by Gasteiger charge is 2.39. The van der Waals surface area contributed by atoms with Gasteiger partial charge in [0, 0.05) is 6.04 Å². The van der Waals surface area contributed by atoms with Gasteiger partial charge in [0.1, 0.15) is 0 Å². The van der Waals surface area contributed by atoms with Crippen LogP contribution in [0, 0.1) is 0 Å². The van der Waals surface area contributed by atoms with Crippen LogP contribution in [0.15, 0.2) is 30.3 Å². The van der Waals surface area contributed by atoms with Gasteiger partial charge in [-0.05, 0) is 31.4 Å². The van der Waals surface area contributed by atoms with Crippen LogP contribution in [0.2, 0.25) is 0 Å². The summed E-state index contributed by atoms with van der Waals surface area (Å²) < 4.78 is 26.0. The van der Waals surface area contributed by atoms with E-state index in [-0.39, 0.29) is 16.5 Å². The van der Waals surface area contributed by atoms with Crippen LogP contribution in [0.4, 0.5) is 0 Å². The van der Waals surface area contributed by atoms with Crippen molar-refractivity contribution in [3.63, 3.8) is 0 Å². The van der Waals surface area contributed by atoms with Crippen LogP contribution < -0.4 is 5.32 Å². The van der Waals surface area contributed by atoms with Gasteiger partial charge < -0.3 is 5.32 Å². The van der Waals surface area contributed by atoms with Gasteiger partial charge in [0.15, 0.2) is 9.84 Å². The molecule has 3 nitrogen and oxygen atoms in total. The summed E-state index contributed by atoms with van der Waals surface area (Å²) in [6.07, 6.45) is 4.44. The zero-order valence-electron chi connectivity index (χ0n) is 13.1. The van der Waals surface area contributed by atoms with Crippen molar-refractivity contribution in [1.29, 1.82) is 0 Å². The molecule has 0 saturated heterocycles. The second-order valence-corrected chi connectivity index (χ2v) is 8.34. The second kappa shape index (κ2) is 7.41. The average molecular weight is 309 g/mol. The van der Waals surface area contributed by atoms with E-state index in [4.69, 9.17) is 0 Å². The van der Waals surface area contributed by atoms with Gasteiger partial charge in [0.2, 0.25) is 0 Å². The van der Waals surface area contributed by atoms with Crippen LogP contribution in [0.1, 0.15) is 57.6 Å². The van der Waals surface area contributed by atoms with Crippen LogP contribution in [-0.4, -0.2) is 25.5 Å². The van der Waals surface area contributed by atoms with Gasteiger partial charge in [-0.1, -0.05) is 57.0 Å². The van der Waals surface area contributed by atoms with Crippen LogP contribution in [0.3, 0.4) is 0 Å². The first kappa shape index (κ1) is 16.5. The fourth-order valence-electron chi connectivity index (χ4n) is 3.47. The quantitative estimate of drug-likeness (QED) is 0.839. The summed E-state index contributed by atoms with van der Waals surface area (Å²) in [6, 6.07) is 9.88. The zero-order chi connectivity index (χ0) is 15.3. The third-order valence-electron chi connectivity index (χ3n) is 4.55. The van der Waals surface area contributed by atoms with Gasteiger partial charge in [0.05, 0.1) is 10.5 Å². The van der Waals surface area contributed by atoms with Gasteiger partial charge in [-0.3, -0.25) is 0 Å². The molecule has 0 heterocycles. The van der Waals surface area contributed by atoms with Gasteiger partial charge in [-0.25, -0.2) is 8.42 Å². The molecular formula is C17H27NO2S. The van der Waals surface area contributed by atoms with Crippen LogP contribution in [0.25, 0.3) is 0 Å². The molecule has 1 aliphatic carbocycles. The summed E-state index contributed by atoms with van der Waals surface area (Å²) >= 11 is 0. The van der Waals surface area contributed by atoms with Crippen molar-refractivity contribution in [2.45, 2.75) is 62.5 Å². The van der Waals surface area contributed by atoms with E-state index in [1.807, 2.05) is 44.2 Å². The highest BCUT2D eigenvalue weighted by Crippen LogP contribution is 2.33. The molecule has 1 fully saturated rings. The molecule has 2 atom stereocenters. The van der Waals surface area contributed by atoms with E-state index in [9.17, 15) is 8.42 Å². The van der Waals surface area contributed by atoms with Gasteiger partial charge in [-0.2, -0.15) is 0 Å². The first-order chi connectivity index (χ1) is 10.1. The van der Waals surface area contributed by atoms with Crippen molar-refractivity contribution < 1.29 is 8.42 Å². The smallest absolute Gasteiger partial charge is 0.157 e.